The van der Waals surface area contributed by atoms with Gasteiger partial charge < -0.3 is 4.74 Å². The van der Waals surface area contributed by atoms with Crippen LogP contribution < -0.4 is 9.88 Å². The predicted octanol–water partition coefficient (Wildman–Crippen LogP) is 2.46. The number of hydrogen-bond acceptors (Lipinski definition) is 5. The summed E-state index contributed by atoms with van der Waals surface area (Å²) in [6, 6.07) is 7.86. The van der Waals surface area contributed by atoms with Crippen LogP contribution in [0.15, 0.2) is 53.7 Å². The minimum absolute atomic E-state index is 0.0176. The molecule has 0 fully saturated rings. The fourth-order valence-electron chi connectivity index (χ4n) is 2.40. The molecule has 2 aromatic heterocycles. The van der Waals surface area contributed by atoms with Crippen molar-refractivity contribution < 1.29 is 26.3 Å². The van der Waals surface area contributed by atoms with Gasteiger partial charge in [-0.15, -0.1) is 0 Å². The summed E-state index contributed by atoms with van der Waals surface area (Å²) in [5.74, 6) is 5.72. The van der Waals surface area contributed by atoms with Crippen molar-refractivity contribution in [2.45, 2.75) is 17.7 Å². The quantitative estimate of drug-likeness (QED) is 0.634. The molecule has 0 atom stereocenters. The van der Waals surface area contributed by atoms with Crippen LogP contribution in [0.5, 0.6) is 5.88 Å². The van der Waals surface area contributed by atoms with E-state index >= 15 is 0 Å². The molecule has 3 aromatic rings. The monoisotopic (exact) mass is 436 g/mol. The number of alkyl halides is 3. The van der Waals surface area contributed by atoms with Crippen molar-refractivity contribution in [2.75, 3.05) is 0 Å². The van der Waals surface area contributed by atoms with Gasteiger partial charge in [-0.1, -0.05) is 17.9 Å². The number of halogens is 3. The molecule has 0 saturated carbocycles. The van der Waals surface area contributed by atoms with Gasteiger partial charge in [-0.25, -0.2) is 18.5 Å². The molecule has 3 rings (SSSR count). The minimum atomic E-state index is -4.48. The van der Waals surface area contributed by atoms with E-state index in [1.54, 1.807) is 13.1 Å². The standard InChI is InChI=1S/C19H15F3N4O3S/c1-26-17(12-29-18-8-7-15(11-24-18)19(20,21)22)14(10-25-26)6-5-13-3-2-4-16(9-13)30(23,27)28/h2-4,7-11H,12H2,1H3,(H2,23,27,28). The molecule has 156 valence electrons. The van der Waals surface area contributed by atoms with Crippen LogP contribution in [0, 0.1) is 11.8 Å². The average molecular weight is 436 g/mol. The van der Waals surface area contributed by atoms with Crippen LogP contribution in [-0.4, -0.2) is 23.2 Å². The maximum absolute atomic E-state index is 12.6. The number of pyridine rings is 1. The SMILES string of the molecule is Cn1ncc(C#Cc2cccc(S(N)(=O)=O)c2)c1COc1ccc(C(F)(F)F)cn1. The highest BCUT2D eigenvalue weighted by Crippen LogP contribution is 2.29. The summed E-state index contributed by atoms with van der Waals surface area (Å²) in [5, 5.41) is 9.21. The summed E-state index contributed by atoms with van der Waals surface area (Å²) in [5.41, 5.74) is 0.627. The van der Waals surface area contributed by atoms with E-state index in [1.165, 1.54) is 29.1 Å². The number of nitrogens with two attached hydrogens (primary N) is 1. The van der Waals surface area contributed by atoms with E-state index in [-0.39, 0.29) is 17.4 Å². The second-order valence-corrected chi connectivity index (χ2v) is 7.68. The summed E-state index contributed by atoms with van der Waals surface area (Å²) in [4.78, 5) is 3.60. The van der Waals surface area contributed by atoms with E-state index < -0.39 is 21.8 Å². The molecule has 2 heterocycles. The van der Waals surface area contributed by atoms with Gasteiger partial charge in [0.05, 0.1) is 27.9 Å². The van der Waals surface area contributed by atoms with Crippen molar-refractivity contribution in [2.24, 2.45) is 12.2 Å². The molecular weight excluding hydrogens is 421 g/mol. The van der Waals surface area contributed by atoms with Gasteiger partial charge in [0.2, 0.25) is 15.9 Å². The highest BCUT2D eigenvalue weighted by atomic mass is 32.2. The molecule has 1 aromatic carbocycles. The zero-order valence-electron chi connectivity index (χ0n) is 15.5. The largest absolute Gasteiger partial charge is 0.471 e. The number of benzene rings is 1. The second kappa shape index (κ2) is 8.17. The van der Waals surface area contributed by atoms with Crippen LogP contribution >= 0.6 is 0 Å². The van der Waals surface area contributed by atoms with E-state index in [9.17, 15) is 21.6 Å². The van der Waals surface area contributed by atoms with Gasteiger partial charge in [0, 0.05) is 24.9 Å². The Hall–Kier alpha value is -3.36. The molecule has 11 heteroatoms. The first-order valence-electron chi connectivity index (χ1n) is 8.36. The van der Waals surface area contributed by atoms with Crippen LogP contribution in [-0.2, 0) is 29.9 Å². The number of primary sulfonamides is 1. The van der Waals surface area contributed by atoms with Gasteiger partial charge in [0.25, 0.3) is 0 Å². The van der Waals surface area contributed by atoms with Gasteiger partial charge >= 0.3 is 6.18 Å². The Morgan fingerprint density at radius 1 is 1.17 bits per heavy atom. The summed E-state index contributed by atoms with van der Waals surface area (Å²) >= 11 is 0. The first-order chi connectivity index (χ1) is 14.0. The lowest BCUT2D eigenvalue weighted by atomic mass is 10.2. The molecule has 0 bridgehead atoms. The van der Waals surface area contributed by atoms with Crippen molar-refractivity contribution in [3.63, 3.8) is 0 Å². The molecule has 0 amide bonds. The number of hydrogen-bond donors (Lipinski definition) is 1. The number of rotatable bonds is 4. The first kappa shape index (κ1) is 21.4. The van der Waals surface area contributed by atoms with Crippen LogP contribution in [0.1, 0.15) is 22.4 Å². The van der Waals surface area contributed by atoms with E-state index in [0.717, 1.165) is 12.1 Å². The number of ether oxygens (including phenoxy) is 1. The molecule has 0 unspecified atom stereocenters. The number of aromatic nitrogens is 3. The molecule has 2 N–H and O–H groups in total. The van der Waals surface area contributed by atoms with Crippen molar-refractivity contribution in [1.29, 1.82) is 0 Å². The third-order valence-corrected chi connectivity index (χ3v) is 4.90. The van der Waals surface area contributed by atoms with Gasteiger partial charge in [-0.3, -0.25) is 4.68 Å². The predicted molar refractivity (Wildman–Crippen MR) is 101 cm³/mol. The molecule has 7 nitrogen and oxygen atoms in total. The summed E-state index contributed by atoms with van der Waals surface area (Å²) in [6.45, 7) is -0.0317. The van der Waals surface area contributed by atoms with Crippen LogP contribution in [0.3, 0.4) is 0 Å². The van der Waals surface area contributed by atoms with Crippen LogP contribution in [0.25, 0.3) is 0 Å². The molecule has 0 radical (unpaired) electrons. The molecule has 30 heavy (non-hydrogen) atoms. The smallest absolute Gasteiger partial charge is 0.417 e. The molecule has 0 aliphatic rings. The van der Waals surface area contributed by atoms with Gasteiger partial charge in [0.15, 0.2) is 0 Å². The Morgan fingerprint density at radius 3 is 2.57 bits per heavy atom. The maximum Gasteiger partial charge on any atom is 0.417 e. The third kappa shape index (κ3) is 5.16. The fraction of sp³-hybridized carbons (Fsp3) is 0.158. The fourth-order valence-corrected chi connectivity index (χ4v) is 2.96. The summed E-state index contributed by atoms with van der Waals surface area (Å²) < 4.78 is 67.7. The number of sulfonamides is 1. The first-order valence-corrected chi connectivity index (χ1v) is 9.90. The average Bonchev–Trinajstić information content (AvgIpc) is 3.03. The Morgan fingerprint density at radius 2 is 1.93 bits per heavy atom. The van der Waals surface area contributed by atoms with Crippen molar-refractivity contribution >= 4 is 10.0 Å². The lowest BCUT2D eigenvalue weighted by Crippen LogP contribution is -2.12. The number of aryl methyl sites for hydroxylation is 1. The Balaban J connectivity index is 1.78. The van der Waals surface area contributed by atoms with E-state index in [2.05, 4.69) is 21.9 Å². The summed E-state index contributed by atoms with van der Waals surface area (Å²) in [7, 11) is -2.19. The molecular formula is C19H15F3N4O3S. The summed E-state index contributed by atoms with van der Waals surface area (Å²) in [6.07, 6.45) is -2.29. The molecule has 0 aliphatic heterocycles. The Labute approximate surface area is 170 Å². The number of nitrogens with zero attached hydrogens (tertiary/aromatic N) is 3. The van der Waals surface area contributed by atoms with Gasteiger partial charge in [-0.05, 0) is 24.3 Å². The minimum Gasteiger partial charge on any atom is -0.471 e. The topological polar surface area (TPSA) is 100 Å². The van der Waals surface area contributed by atoms with Crippen molar-refractivity contribution in [3.05, 3.63) is 71.2 Å². The normalized spacial score (nSPS) is 11.6. The zero-order valence-corrected chi connectivity index (χ0v) is 16.3. The van der Waals surface area contributed by atoms with Gasteiger partial charge in [-0.2, -0.15) is 18.3 Å². The van der Waals surface area contributed by atoms with E-state index in [0.29, 0.717) is 23.0 Å². The van der Waals surface area contributed by atoms with E-state index in [4.69, 9.17) is 9.88 Å². The zero-order chi connectivity index (χ0) is 21.9. The third-order valence-electron chi connectivity index (χ3n) is 3.99. The molecule has 0 spiro atoms. The van der Waals surface area contributed by atoms with Crippen molar-refractivity contribution in [1.82, 2.24) is 14.8 Å². The maximum atomic E-state index is 12.6. The van der Waals surface area contributed by atoms with Crippen LogP contribution in [0.2, 0.25) is 0 Å². The van der Waals surface area contributed by atoms with Crippen LogP contribution in [0.4, 0.5) is 13.2 Å². The Bertz CT molecular complexity index is 1220. The lowest BCUT2D eigenvalue weighted by molar-refractivity contribution is -0.137. The Kier molecular flexibility index (Phi) is 5.82. The highest BCUT2D eigenvalue weighted by Gasteiger charge is 2.30. The molecule has 0 saturated heterocycles. The van der Waals surface area contributed by atoms with E-state index in [1.807, 2.05) is 0 Å². The lowest BCUT2D eigenvalue weighted by Gasteiger charge is -2.08. The molecule has 0 aliphatic carbocycles. The van der Waals surface area contributed by atoms with Gasteiger partial charge in [0.1, 0.15) is 6.61 Å². The highest BCUT2D eigenvalue weighted by molar-refractivity contribution is 7.89. The van der Waals surface area contributed by atoms with Crippen molar-refractivity contribution in [3.8, 4) is 17.7 Å². The second-order valence-electron chi connectivity index (χ2n) is 6.12.